The largest absolute Gasteiger partial charge is 0.493 e. The molecule has 0 bridgehead atoms. The van der Waals surface area contributed by atoms with E-state index in [2.05, 4.69) is 15.9 Å². The lowest BCUT2D eigenvalue weighted by Crippen LogP contribution is -1.99. The van der Waals surface area contributed by atoms with Crippen LogP contribution in [0.5, 0.6) is 11.5 Å². The minimum absolute atomic E-state index is 0.0874. The molecule has 0 aliphatic carbocycles. The molecule has 1 aromatic carbocycles. The number of nitro groups is 1. The van der Waals surface area contributed by atoms with E-state index in [4.69, 9.17) is 14.6 Å². The molecule has 102 valence electrons. The molecule has 8 heteroatoms. The van der Waals surface area contributed by atoms with Crippen molar-refractivity contribution in [2.24, 2.45) is 0 Å². The molecular weight excluding hydrogens is 322 g/mol. The topological polar surface area (TPSA) is 98.9 Å². The number of methoxy groups -OCH3 is 2. The molecule has 0 aromatic heterocycles. The summed E-state index contributed by atoms with van der Waals surface area (Å²) in [5, 5.41) is 19.6. The number of benzene rings is 1. The molecule has 0 atom stereocenters. The van der Waals surface area contributed by atoms with E-state index in [1.807, 2.05) is 0 Å². The average Bonchev–Trinajstić information content (AvgIpc) is 2.34. The summed E-state index contributed by atoms with van der Waals surface area (Å²) in [6.07, 6.45) is 1.92. The highest BCUT2D eigenvalue weighted by Crippen LogP contribution is 2.44. The highest BCUT2D eigenvalue weighted by Gasteiger charge is 2.25. The number of ether oxygens (including phenoxy) is 2. The zero-order valence-corrected chi connectivity index (χ0v) is 11.6. The van der Waals surface area contributed by atoms with Crippen LogP contribution in [0.25, 0.3) is 6.08 Å². The second-order valence-corrected chi connectivity index (χ2v) is 4.09. The summed E-state index contributed by atoms with van der Waals surface area (Å²) in [6, 6.07) is 1.33. The molecule has 0 amide bonds. The average molecular weight is 332 g/mol. The molecule has 0 saturated carbocycles. The molecule has 0 aliphatic heterocycles. The third-order valence-electron chi connectivity index (χ3n) is 2.20. The van der Waals surface area contributed by atoms with Crippen LogP contribution in [0, 0.1) is 10.1 Å². The van der Waals surface area contributed by atoms with Gasteiger partial charge in [-0.1, -0.05) is 0 Å². The van der Waals surface area contributed by atoms with Crippen molar-refractivity contribution < 1.29 is 24.3 Å². The fourth-order valence-corrected chi connectivity index (χ4v) is 2.16. The second-order valence-electron chi connectivity index (χ2n) is 3.29. The van der Waals surface area contributed by atoms with Gasteiger partial charge in [0, 0.05) is 6.08 Å². The zero-order valence-electron chi connectivity index (χ0n) is 10.0. The summed E-state index contributed by atoms with van der Waals surface area (Å²) in [5.41, 5.74) is -0.202. The summed E-state index contributed by atoms with van der Waals surface area (Å²) in [4.78, 5) is 20.9. The van der Waals surface area contributed by atoms with Crippen LogP contribution >= 0.6 is 15.9 Å². The van der Waals surface area contributed by atoms with Crippen LogP contribution in [0.4, 0.5) is 5.69 Å². The van der Waals surface area contributed by atoms with E-state index >= 15 is 0 Å². The highest BCUT2D eigenvalue weighted by molar-refractivity contribution is 9.10. The van der Waals surface area contributed by atoms with Crippen LogP contribution in [0.2, 0.25) is 0 Å². The number of carboxylic acid groups (broad SMARTS) is 1. The SMILES string of the molecule is COc1cc(/C=C/C(=O)O)c([N+](=O)[O-])c(Br)c1OC. The Labute approximate surface area is 116 Å². The van der Waals surface area contributed by atoms with Gasteiger partial charge in [0.1, 0.15) is 4.47 Å². The lowest BCUT2D eigenvalue weighted by molar-refractivity contribution is -0.386. The molecule has 1 aromatic rings. The van der Waals surface area contributed by atoms with Gasteiger partial charge in [-0.3, -0.25) is 10.1 Å². The Bertz CT molecular complexity index is 555. The highest BCUT2D eigenvalue weighted by atomic mass is 79.9. The van der Waals surface area contributed by atoms with Crippen molar-refractivity contribution in [3.8, 4) is 11.5 Å². The number of aliphatic carboxylic acids is 1. The van der Waals surface area contributed by atoms with Gasteiger partial charge in [0.2, 0.25) is 0 Å². The number of nitrogens with zero attached hydrogens (tertiary/aromatic N) is 1. The quantitative estimate of drug-likeness (QED) is 0.505. The van der Waals surface area contributed by atoms with Crippen molar-refractivity contribution in [3.63, 3.8) is 0 Å². The number of carboxylic acids is 1. The number of hydrogen-bond acceptors (Lipinski definition) is 5. The molecular formula is C11H10BrNO6. The van der Waals surface area contributed by atoms with Gasteiger partial charge in [-0.05, 0) is 28.1 Å². The predicted octanol–water partition coefficient (Wildman–Crippen LogP) is 2.47. The Balaban J connectivity index is 3.56. The summed E-state index contributed by atoms with van der Waals surface area (Å²) >= 11 is 3.06. The Morgan fingerprint density at radius 3 is 2.53 bits per heavy atom. The number of halogens is 1. The van der Waals surface area contributed by atoms with Crippen LogP contribution < -0.4 is 9.47 Å². The van der Waals surface area contributed by atoms with E-state index in [0.29, 0.717) is 0 Å². The fourth-order valence-electron chi connectivity index (χ4n) is 1.43. The monoisotopic (exact) mass is 331 g/mol. The molecule has 1 N–H and O–H groups in total. The maximum Gasteiger partial charge on any atom is 0.328 e. The van der Waals surface area contributed by atoms with Crippen molar-refractivity contribution >= 4 is 33.7 Å². The molecule has 0 fully saturated rings. The molecule has 0 spiro atoms. The smallest absolute Gasteiger partial charge is 0.328 e. The van der Waals surface area contributed by atoms with Crippen molar-refractivity contribution in [3.05, 3.63) is 32.3 Å². The van der Waals surface area contributed by atoms with Gasteiger partial charge in [0.25, 0.3) is 5.69 Å². The predicted molar refractivity (Wildman–Crippen MR) is 70.6 cm³/mol. The maximum atomic E-state index is 11.1. The van der Waals surface area contributed by atoms with Crippen molar-refractivity contribution in [2.45, 2.75) is 0 Å². The fraction of sp³-hybridized carbons (Fsp3) is 0.182. The van der Waals surface area contributed by atoms with Gasteiger partial charge in [-0.15, -0.1) is 0 Å². The van der Waals surface area contributed by atoms with E-state index in [0.717, 1.165) is 12.2 Å². The van der Waals surface area contributed by atoms with Crippen molar-refractivity contribution in [2.75, 3.05) is 14.2 Å². The van der Waals surface area contributed by atoms with Crippen LogP contribution in [-0.2, 0) is 4.79 Å². The summed E-state index contributed by atoms with van der Waals surface area (Å²) in [6.45, 7) is 0. The van der Waals surface area contributed by atoms with E-state index in [1.54, 1.807) is 0 Å². The van der Waals surface area contributed by atoms with E-state index < -0.39 is 10.9 Å². The Kier molecular flexibility index (Phi) is 4.87. The Hall–Kier alpha value is -2.09. The molecule has 0 saturated heterocycles. The summed E-state index contributed by atoms with van der Waals surface area (Å²) < 4.78 is 10.1. The molecule has 0 radical (unpaired) electrons. The van der Waals surface area contributed by atoms with Crippen LogP contribution in [0.1, 0.15) is 5.56 Å². The van der Waals surface area contributed by atoms with E-state index in [1.165, 1.54) is 20.3 Å². The van der Waals surface area contributed by atoms with Gasteiger partial charge < -0.3 is 14.6 Å². The van der Waals surface area contributed by atoms with Gasteiger partial charge >= 0.3 is 5.97 Å². The van der Waals surface area contributed by atoms with Crippen LogP contribution in [0.15, 0.2) is 16.6 Å². The van der Waals surface area contributed by atoms with Crippen LogP contribution in [0.3, 0.4) is 0 Å². The number of hydrogen-bond donors (Lipinski definition) is 1. The third kappa shape index (κ3) is 3.22. The van der Waals surface area contributed by atoms with E-state index in [9.17, 15) is 14.9 Å². The molecule has 0 heterocycles. The first-order valence-electron chi connectivity index (χ1n) is 4.92. The number of rotatable bonds is 5. The Morgan fingerprint density at radius 1 is 1.47 bits per heavy atom. The summed E-state index contributed by atoms with van der Waals surface area (Å²) in [7, 11) is 2.72. The molecule has 7 nitrogen and oxygen atoms in total. The Morgan fingerprint density at radius 2 is 2.11 bits per heavy atom. The van der Waals surface area contributed by atoms with Gasteiger partial charge in [-0.25, -0.2) is 4.79 Å². The minimum atomic E-state index is -1.21. The molecule has 0 aliphatic rings. The van der Waals surface area contributed by atoms with Crippen LogP contribution in [-0.4, -0.2) is 30.2 Å². The lowest BCUT2D eigenvalue weighted by atomic mass is 10.1. The lowest BCUT2D eigenvalue weighted by Gasteiger charge is -2.11. The molecule has 19 heavy (non-hydrogen) atoms. The van der Waals surface area contributed by atoms with E-state index in [-0.39, 0.29) is 27.2 Å². The van der Waals surface area contributed by atoms with Gasteiger partial charge in [0.05, 0.1) is 24.7 Å². The normalized spacial score (nSPS) is 10.5. The third-order valence-corrected chi connectivity index (χ3v) is 2.94. The number of nitro benzene ring substituents is 1. The first-order valence-corrected chi connectivity index (χ1v) is 5.71. The molecule has 1 rings (SSSR count). The first-order chi connectivity index (χ1) is 8.92. The van der Waals surface area contributed by atoms with Crippen molar-refractivity contribution in [1.82, 2.24) is 0 Å². The minimum Gasteiger partial charge on any atom is -0.493 e. The maximum absolute atomic E-state index is 11.1. The van der Waals surface area contributed by atoms with Gasteiger partial charge in [0.15, 0.2) is 11.5 Å². The number of carbonyl (C=O) groups is 1. The molecule has 0 unspecified atom stereocenters. The zero-order chi connectivity index (χ0) is 14.6. The summed E-state index contributed by atoms with van der Waals surface area (Å²) in [5.74, 6) is -0.785. The second kappa shape index (κ2) is 6.19. The first kappa shape index (κ1) is 15.0. The van der Waals surface area contributed by atoms with Gasteiger partial charge in [-0.2, -0.15) is 0 Å². The standard InChI is InChI=1S/C11H10BrNO6/c1-18-7-5-6(3-4-8(14)15)10(13(16)17)9(12)11(7)19-2/h3-5H,1-2H3,(H,14,15)/b4-3+. The van der Waals surface area contributed by atoms with Crippen molar-refractivity contribution in [1.29, 1.82) is 0 Å².